The molecule has 2 aromatic rings. The maximum absolute atomic E-state index is 12.0. The Hall–Kier alpha value is -2.49. The molecule has 0 radical (unpaired) electrons. The molecule has 2 N–H and O–H groups in total. The van der Waals surface area contributed by atoms with Gasteiger partial charge in [0.2, 0.25) is 5.91 Å². The van der Waals surface area contributed by atoms with Crippen molar-refractivity contribution in [3.05, 3.63) is 65.6 Å². The Morgan fingerprint density at radius 1 is 1.32 bits per heavy atom. The lowest BCUT2D eigenvalue weighted by Gasteiger charge is -2.32. The summed E-state index contributed by atoms with van der Waals surface area (Å²) in [5.74, 6) is 0.312. The number of nitrogens with zero attached hydrogens (tertiary/aromatic N) is 3. The molecule has 1 fully saturated rings. The largest absolute Gasteiger partial charge is 0.511 e. The summed E-state index contributed by atoms with van der Waals surface area (Å²) in [6, 6.07) is 7.51. The molecule has 1 atom stereocenters. The quantitative estimate of drug-likeness (QED) is 0.533. The Morgan fingerprint density at radius 3 is 2.87 bits per heavy atom. The Morgan fingerprint density at radius 2 is 2.13 bits per heavy atom. The lowest BCUT2D eigenvalue weighted by atomic mass is 10.1. The number of hydrogen-bond donors (Lipinski definition) is 2. The van der Waals surface area contributed by atoms with Gasteiger partial charge in [0.25, 0.3) is 0 Å². The molecule has 0 aliphatic carbocycles. The highest BCUT2D eigenvalue weighted by Crippen LogP contribution is 2.10. The number of carbonyl (C=O) groups is 1. The number of nitrogens with one attached hydrogen (secondary N) is 1. The van der Waals surface area contributed by atoms with E-state index in [9.17, 15) is 14.1 Å². The number of allylic oxidation sites excluding steroid dienone is 1. The molecule has 168 valence electrons. The standard InChI is InChI=1S/C22H30N4O4S/c1-25-8-10-26(11-9-25)15-18-6-7-23-19(13-18)4-5-20(27)14-24-22(28)17-31(29)16-21-3-2-12-30-21/h2-3,5-7,12-13,27H,4,8-11,14-17H2,1H3,(H,24,28). The van der Waals surface area contributed by atoms with E-state index in [0.29, 0.717) is 12.2 Å². The number of furan rings is 1. The van der Waals surface area contributed by atoms with Crippen LogP contribution in [0.3, 0.4) is 0 Å². The number of carbonyl (C=O) groups excluding carboxylic acids is 1. The number of aromatic nitrogens is 1. The number of piperazine rings is 1. The summed E-state index contributed by atoms with van der Waals surface area (Å²) in [6.07, 6.45) is 5.42. The van der Waals surface area contributed by atoms with Gasteiger partial charge in [-0.3, -0.25) is 18.9 Å². The molecule has 0 aromatic carbocycles. The average Bonchev–Trinajstić information content (AvgIpc) is 3.25. The van der Waals surface area contributed by atoms with Crippen LogP contribution in [0.1, 0.15) is 17.0 Å². The molecule has 3 rings (SSSR count). The van der Waals surface area contributed by atoms with E-state index in [1.165, 1.54) is 11.8 Å². The van der Waals surface area contributed by atoms with Gasteiger partial charge in [0, 0.05) is 61.8 Å². The van der Waals surface area contributed by atoms with Gasteiger partial charge in [-0.15, -0.1) is 0 Å². The zero-order chi connectivity index (χ0) is 22.1. The third-order valence-electron chi connectivity index (χ3n) is 5.07. The normalized spacial score (nSPS) is 16.9. The molecule has 1 aliphatic rings. The zero-order valence-corrected chi connectivity index (χ0v) is 18.6. The van der Waals surface area contributed by atoms with Gasteiger partial charge in [0.15, 0.2) is 0 Å². The topological polar surface area (TPSA) is 98.9 Å². The monoisotopic (exact) mass is 446 g/mol. The lowest BCUT2D eigenvalue weighted by molar-refractivity contribution is -0.118. The molecule has 3 heterocycles. The summed E-state index contributed by atoms with van der Waals surface area (Å²) < 4.78 is 17.1. The number of aliphatic hydroxyl groups excluding tert-OH is 1. The van der Waals surface area contributed by atoms with E-state index in [4.69, 9.17) is 4.42 Å². The first-order valence-electron chi connectivity index (χ1n) is 10.3. The van der Waals surface area contributed by atoms with E-state index in [1.807, 2.05) is 6.07 Å². The number of pyridine rings is 1. The second-order valence-corrected chi connectivity index (χ2v) is 9.18. The van der Waals surface area contributed by atoms with Gasteiger partial charge in [-0.05, 0) is 43.0 Å². The lowest BCUT2D eigenvalue weighted by Crippen LogP contribution is -2.43. The predicted octanol–water partition coefficient (Wildman–Crippen LogP) is 1.47. The van der Waals surface area contributed by atoms with E-state index in [2.05, 4.69) is 33.2 Å². The summed E-state index contributed by atoms with van der Waals surface area (Å²) in [4.78, 5) is 21.0. The number of hydrogen-bond acceptors (Lipinski definition) is 7. The minimum atomic E-state index is -1.36. The molecule has 0 spiro atoms. The van der Waals surface area contributed by atoms with Crippen molar-refractivity contribution in [2.75, 3.05) is 45.5 Å². The van der Waals surface area contributed by atoms with Crippen LogP contribution in [-0.2, 0) is 34.3 Å². The van der Waals surface area contributed by atoms with Crippen LogP contribution >= 0.6 is 0 Å². The summed E-state index contributed by atoms with van der Waals surface area (Å²) in [5.41, 5.74) is 2.07. The van der Waals surface area contributed by atoms with Gasteiger partial charge < -0.3 is 19.7 Å². The fourth-order valence-corrected chi connectivity index (χ4v) is 4.27. The van der Waals surface area contributed by atoms with Crippen molar-refractivity contribution in [3.8, 4) is 0 Å². The first-order chi connectivity index (χ1) is 15.0. The molecule has 1 aliphatic heterocycles. The number of amides is 1. The molecule has 1 saturated heterocycles. The van der Waals surface area contributed by atoms with Crippen molar-refractivity contribution in [1.82, 2.24) is 20.1 Å². The van der Waals surface area contributed by atoms with E-state index >= 15 is 0 Å². The Bertz CT molecular complexity index is 893. The van der Waals surface area contributed by atoms with Gasteiger partial charge in [-0.2, -0.15) is 0 Å². The van der Waals surface area contributed by atoms with Crippen LogP contribution in [0.4, 0.5) is 0 Å². The van der Waals surface area contributed by atoms with Crippen LogP contribution in [0.5, 0.6) is 0 Å². The van der Waals surface area contributed by atoms with Crippen LogP contribution in [-0.4, -0.2) is 75.5 Å². The summed E-state index contributed by atoms with van der Waals surface area (Å²) in [6.45, 7) is 5.16. The average molecular weight is 447 g/mol. The van der Waals surface area contributed by atoms with E-state index < -0.39 is 10.8 Å². The fourth-order valence-electron chi connectivity index (χ4n) is 3.29. The predicted molar refractivity (Wildman–Crippen MR) is 120 cm³/mol. The van der Waals surface area contributed by atoms with E-state index in [1.54, 1.807) is 24.4 Å². The molecule has 0 saturated carbocycles. The Labute approximate surface area is 185 Å². The minimum Gasteiger partial charge on any atom is -0.511 e. The van der Waals surface area contributed by atoms with Crippen molar-refractivity contribution >= 4 is 16.7 Å². The van der Waals surface area contributed by atoms with Crippen LogP contribution < -0.4 is 5.32 Å². The van der Waals surface area contributed by atoms with Crippen molar-refractivity contribution in [2.45, 2.75) is 18.7 Å². The Kier molecular flexibility index (Phi) is 8.81. The highest BCUT2D eigenvalue weighted by atomic mass is 32.2. The minimum absolute atomic E-state index is 0.00221. The third kappa shape index (κ3) is 8.28. The molecular weight excluding hydrogens is 416 g/mol. The van der Waals surface area contributed by atoms with Gasteiger partial charge in [0.05, 0.1) is 18.6 Å². The van der Waals surface area contributed by atoms with Crippen molar-refractivity contribution < 1.29 is 18.5 Å². The van der Waals surface area contributed by atoms with Gasteiger partial charge in [0.1, 0.15) is 17.3 Å². The summed E-state index contributed by atoms with van der Waals surface area (Å²) >= 11 is 0. The van der Waals surface area contributed by atoms with Crippen molar-refractivity contribution in [1.29, 1.82) is 0 Å². The van der Waals surface area contributed by atoms with Crippen LogP contribution in [0.2, 0.25) is 0 Å². The zero-order valence-electron chi connectivity index (χ0n) is 17.8. The van der Waals surface area contributed by atoms with E-state index in [-0.39, 0.29) is 29.7 Å². The van der Waals surface area contributed by atoms with Gasteiger partial charge in [-0.1, -0.05) is 0 Å². The van der Waals surface area contributed by atoms with Crippen LogP contribution in [0.15, 0.2) is 53.0 Å². The molecule has 1 amide bonds. The highest BCUT2D eigenvalue weighted by Gasteiger charge is 2.14. The second-order valence-electron chi connectivity index (χ2n) is 7.72. The third-order valence-corrected chi connectivity index (χ3v) is 6.26. The first-order valence-corrected chi connectivity index (χ1v) is 11.8. The number of rotatable bonds is 10. The molecule has 9 heteroatoms. The number of likely N-dealkylation sites (N-methyl/N-ethyl adjacent to an activating group) is 1. The fraction of sp³-hybridized carbons (Fsp3) is 0.455. The smallest absolute Gasteiger partial charge is 0.233 e. The molecule has 8 nitrogen and oxygen atoms in total. The number of aliphatic hydroxyl groups is 1. The van der Waals surface area contributed by atoms with Crippen molar-refractivity contribution in [2.24, 2.45) is 0 Å². The molecule has 0 bridgehead atoms. The maximum atomic E-state index is 12.0. The van der Waals surface area contributed by atoms with Crippen LogP contribution in [0.25, 0.3) is 0 Å². The molecule has 31 heavy (non-hydrogen) atoms. The summed E-state index contributed by atoms with van der Waals surface area (Å²) in [7, 11) is 0.783. The van der Waals surface area contributed by atoms with Gasteiger partial charge in [-0.25, -0.2) is 0 Å². The second kappa shape index (κ2) is 11.8. The van der Waals surface area contributed by atoms with Crippen LogP contribution in [0, 0.1) is 0 Å². The molecule has 1 unspecified atom stereocenters. The highest BCUT2D eigenvalue weighted by molar-refractivity contribution is 7.84. The Balaban J connectivity index is 1.40. The van der Waals surface area contributed by atoms with Gasteiger partial charge >= 0.3 is 0 Å². The summed E-state index contributed by atoms with van der Waals surface area (Å²) in [5, 5.41) is 12.7. The first kappa shape index (κ1) is 23.2. The molecular formula is C22H30N4O4S. The van der Waals surface area contributed by atoms with Crippen molar-refractivity contribution in [3.63, 3.8) is 0 Å². The van der Waals surface area contributed by atoms with E-state index in [0.717, 1.165) is 38.4 Å². The maximum Gasteiger partial charge on any atom is 0.233 e. The molecule has 2 aromatic heterocycles. The SMILES string of the molecule is CN1CCN(Cc2ccnc(CC=C(O)CNC(=O)CS(=O)Cc3ccco3)c2)CC1.